The Morgan fingerprint density at radius 2 is 0.667 bits per heavy atom. The summed E-state index contributed by atoms with van der Waals surface area (Å²) in [5.74, 6) is -2.27. The lowest BCUT2D eigenvalue weighted by Crippen LogP contribution is -2.36. The molecule has 8 aliphatic heterocycles. The maximum atomic E-state index is 14.1. The zero-order valence-corrected chi connectivity index (χ0v) is 47.1. The van der Waals surface area contributed by atoms with Crippen LogP contribution in [0.5, 0.6) is 0 Å². The van der Waals surface area contributed by atoms with E-state index in [-0.39, 0.29) is 33.3 Å². The van der Waals surface area contributed by atoms with E-state index in [0.29, 0.717) is 28.3 Å². The predicted octanol–water partition coefficient (Wildman–Crippen LogP) is 14.1. The predicted molar refractivity (Wildman–Crippen MR) is 310 cm³/mol. The van der Waals surface area contributed by atoms with E-state index in [0.717, 1.165) is 131 Å². The fourth-order valence-corrected chi connectivity index (χ4v) is 12.6. The molecule has 10 aliphatic rings. The van der Waals surface area contributed by atoms with E-state index in [9.17, 15) is 28.8 Å². The van der Waals surface area contributed by atoms with E-state index in [1.54, 1.807) is 30.3 Å². The van der Waals surface area contributed by atoms with E-state index in [2.05, 4.69) is 85.4 Å². The normalized spacial score (nSPS) is 17.1. The summed E-state index contributed by atoms with van der Waals surface area (Å²) in [7, 11) is 0. The Kier molecular flexibility index (Phi) is 15.1. The molecule has 13 heteroatoms. The van der Waals surface area contributed by atoms with Crippen LogP contribution in [-0.2, 0) is 16.2 Å². The van der Waals surface area contributed by atoms with Crippen LogP contribution in [-0.4, -0.2) is 40.7 Å². The van der Waals surface area contributed by atoms with E-state index in [4.69, 9.17) is 0 Å². The Balaban J connectivity index is 1.11. The van der Waals surface area contributed by atoms with Gasteiger partial charge in [-0.3, -0.25) is 29.8 Å². The third-order valence-electron chi connectivity index (χ3n) is 16.7. The highest BCUT2D eigenvalue weighted by Gasteiger charge is 2.39. The maximum absolute atomic E-state index is 14.1. The number of aromatic nitrogens is 1. The molecule has 78 heavy (non-hydrogen) atoms. The van der Waals surface area contributed by atoms with Gasteiger partial charge in [-0.25, -0.2) is 14.6 Å². The first-order valence-corrected chi connectivity index (χ1v) is 27.4. The molecule has 12 bridgehead atoms. The van der Waals surface area contributed by atoms with Gasteiger partial charge in [-0.2, -0.15) is 0 Å². The van der Waals surface area contributed by atoms with E-state index in [1.807, 2.05) is 76.2 Å². The Morgan fingerprint density at radius 3 is 0.962 bits per heavy atom. The van der Waals surface area contributed by atoms with Gasteiger partial charge >= 0.3 is 12.1 Å². The van der Waals surface area contributed by atoms with Gasteiger partial charge in [-0.05, 0) is 189 Å². The number of carbonyl (C=O) groups is 6. The molecule has 2 fully saturated rings. The van der Waals surface area contributed by atoms with Crippen molar-refractivity contribution in [3.8, 4) is 0 Å². The highest BCUT2D eigenvalue weighted by Crippen LogP contribution is 2.49. The van der Waals surface area contributed by atoms with Crippen molar-refractivity contribution in [2.75, 3.05) is 21.3 Å². The topological polar surface area (TPSA) is 187 Å². The summed E-state index contributed by atoms with van der Waals surface area (Å²) in [5.41, 5.74) is 13.8. The molecule has 1 aromatic heterocycles. The Bertz CT molecular complexity index is 3160. The number of pyridine rings is 1. The zero-order valence-electron chi connectivity index (χ0n) is 47.1. The fourth-order valence-electron chi connectivity index (χ4n) is 12.6. The minimum atomic E-state index is -0.732. The third-order valence-corrected chi connectivity index (χ3v) is 16.7. The van der Waals surface area contributed by atoms with Crippen LogP contribution in [0.3, 0.4) is 0 Å². The first-order chi connectivity index (χ1) is 37.0. The second-order valence-electron chi connectivity index (χ2n) is 23.4. The van der Waals surface area contributed by atoms with Crippen molar-refractivity contribution in [1.82, 2.24) is 15.6 Å². The summed E-state index contributed by atoms with van der Waals surface area (Å²) >= 11 is 0. The quantitative estimate of drug-likeness (QED) is 0.0873. The molecular weight excluding hydrogens is 975 g/mol. The minimum absolute atomic E-state index is 0.0834. The van der Waals surface area contributed by atoms with Gasteiger partial charge in [0, 0.05) is 44.7 Å². The maximum Gasteiger partial charge on any atom is 0.326 e. The average molecular weight is 1050 g/mol. The molecule has 0 radical (unpaired) electrons. The highest BCUT2D eigenvalue weighted by molar-refractivity contribution is 6.12. The number of urea groups is 2. The summed E-state index contributed by atoms with van der Waals surface area (Å²) < 4.78 is 0. The van der Waals surface area contributed by atoms with Crippen molar-refractivity contribution in [2.45, 2.75) is 157 Å². The van der Waals surface area contributed by atoms with Crippen LogP contribution in [0.1, 0.15) is 199 Å². The molecule has 404 valence electrons. The number of hydrogen-bond acceptors (Lipinski definition) is 7. The number of aryl methyl sites for hydroxylation is 8. The summed E-state index contributed by atoms with van der Waals surface area (Å²) in [6.45, 7) is 21.6. The number of anilines is 4. The molecule has 2 saturated carbocycles. The van der Waals surface area contributed by atoms with Crippen molar-refractivity contribution in [1.29, 1.82) is 0 Å². The van der Waals surface area contributed by atoms with Crippen LogP contribution in [0.15, 0.2) is 84.9 Å². The second kappa shape index (κ2) is 21.5. The van der Waals surface area contributed by atoms with Crippen LogP contribution < -0.4 is 31.9 Å². The number of hydrogen-bond donors (Lipinski definition) is 6. The number of amides is 8. The number of imide groups is 2. The Labute approximate surface area is 458 Å². The molecular formula is C65H73N7O6. The lowest BCUT2D eigenvalue weighted by molar-refractivity contribution is 0.0963. The van der Waals surface area contributed by atoms with Crippen LogP contribution in [0.25, 0.3) is 0 Å². The molecule has 13 nitrogen and oxygen atoms in total. The van der Waals surface area contributed by atoms with Gasteiger partial charge in [0.25, 0.3) is 23.6 Å². The standard InChI is InChI=1S/C65H73N7O6/c1-36-25-47-26-37(2)53(36)67-59(75)51-19-18-20-52(66-51)60(76)68-54-38(3)27-48(28-39(54)4)65(23-16-13-17-24-65)50-31-42(7)56(43(8)32-50)70-62(78)72-58(74)45-33-44(34-46(35-45)63(9,10)11)57(73)71-61(77)69-55-40(5)29-49(30-41(55)6)64(47)21-14-12-15-22-64/h18-20,25-35H,12-17,21-24H2,1-11H3,(H,67,75)(H,68,76)(H2,69,71,73,77)(H2,70,72,74,78). The second-order valence-corrected chi connectivity index (χ2v) is 23.4. The highest BCUT2D eigenvalue weighted by atomic mass is 16.2. The first-order valence-electron chi connectivity index (χ1n) is 27.4. The summed E-state index contributed by atoms with van der Waals surface area (Å²) in [6.07, 6.45) is 9.98. The van der Waals surface area contributed by atoms with Crippen LogP contribution in [0.4, 0.5) is 32.3 Å². The SMILES string of the molecule is Cc1cc2cc(C)c1NC(=O)NC(=O)c1cc(cc(C(C)(C)C)c1)C(=O)NC(=O)Nc1c(C)cc(cc1C)C1(CCCCC1)c1cc(C)c(c(C)c1)NC(=O)c1cccc(n1)C(=O)Nc1c(C)cc(cc1C)C21CCCCC1. The van der Waals surface area contributed by atoms with Gasteiger partial charge in [0.1, 0.15) is 11.4 Å². The molecule has 0 unspecified atom stereocenters. The van der Waals surface area contributed by atoms with Gasteiger partial charge in [-0.1, -0.05) is 114 Å². The molecule has 6 aromatic rings. The smallest absolute Gasteiger partial charge is 0.320 e. The van der Waals surface area contributed by atoms with Gasteiger partial charge < -0.3 is 21.3 Å². The average Bonchev–Trinajstić information content (AvgIpc) is 3.44. The molecule has 6 N–H and O–H groups in total. The van der Waals surface area contributed by atoms with Crippen LogP contribution in [0.2, 0.25) is 0 Å². The molecule has 0 atom stereocenters. The minimum Gasteiger partial charge on any atom is -0.320 e. The van der Waals surface area contributed by atoms with Crippen LogP contribution >= 0.6 is 0 Å². The molecule has 2 spiro atoms. The number of nitrogens with zero attached hydrogens (tertiary/aromatic N) is 1. The number of rotatable bonds is 0. The van der Waals surface area contributed by atoms with Gasteiger partial charge in [0.2, 0.25) is 0 Å². The molecule has 8 amide bonds. The summed E-state index contributed by atoms with van der Waals surface area (Å²) in [4.78, 5) is 88.2. The van der Waals surface area contributed by atoms with E-state index < -0.39 is 41.1 Å². The lowest BCUT2D eigenvalue weighted by Gasteiger charge is -2.40. The molecule has 2 aliphatic carbocycles. The van der Waals surface area contributed by atoms with E-state index in [1.165, 1.54) is 6.07 Å². The third kappa shape index (κ3) is 10.8. The molecule has 16 rings (SSSR count). The van der Waals surface area contributed by atoms with Crippen molar-refractivity contribution < 1.29 is 28.8 Å². The van der Waals surface area contributed by atoms with E-state index >= 15 is 0 Å². The number of benzene rings is 5. The monoisotopic (exact) mass is 1050 g/mol. The molecule has 9 heterocycles. The lowest BCUT2D eigenvalue weighted by atomic mass is 9.64. The van der Waals surface area contributed by atoms with Crippen molar-refractivity contribution in [2.24, 2.45) is 0 Å². The van der Waals surface area contributed by atoms with Gasteiger partial charge in [-0.15, -0.1) is 0 Å². The van der Waals surface area contributed by atoms with Crippen molar-refractivity contribution in [3.05, 3.63) is 180 Å². The zero-order chi connectivity index (χ0) is 56.0. The van der Waals surface area contributed by atoms with Gasteiger partial charge in [0.15, 0.2) is 0 Å². The van der Waals surface area contributed by atoms with Gasteiger partial charge in [0.05, 0.1) is 0 Å². The molecule has 5 aromatic carbocycles. The van der Waals surface area contributed by atoms with Crippen molar-refractivity contribution >= 4 is 58.4 Å². The van der Waals surface area contributed by atoms with Crippen molar-refractivity contribution in [3.63, 3.8) is 0 Å². The first kappa shape index (κ1) is 54.8. The fraction of sp³-hybridized carbons (Fsp3) is 0.369. The Hall–Kier alpha value is -7.93. The summed E-state index contributed by atoms with van der Waals surface area (Å²) in [6, 6.07) is 25.3. The number of carbonyl (C=O) groups excluding carboxylic acids is 6. The number of nitrogens with one attached hydrogen (secondary N) is 6. The Morgan fingerprint density at radius 1 is 0.372 bits per heavy atom. The summed E-state index contributed by atoms with van der Waals surface area (Å²) in [5, 5.41) is 17.1. The van der Waals surface area contributed by atoms with Crippen LogP contribution in [0, 0.1) is 55.4 Å². The largest absolute Gasteiger partial charge is 0.326 e. The molecule has 0 saturated heterocycles.